The van der Waals surface area contributed by atoms with E-state index in [2.05, 4.69) is 32.1 Å². The van der Waals surface area contributed by atoms with E-state index in [-0.39, 0.29) is 238 Å². The van der Waals surface area contributed by atoms with Gasteiger partial charge in [-0.05, 0) is 84.0 Å². The minimum atomic E-state index is -1.20. The number of ketones is 5. The fourth-order valence-electron chi connectivity index (χ4n) is 13.1. The van der Waals surface area contributed by atoms with Gasteiger partial charge in [-0.2, -0.15) is 0 Å². The maximum Gasteiger partial charge on any atom is 0.326 e. The molecule has 0 radical (unpaired) electrons. The molecule has 0 fully saturated rings. The summed E-state index contributed by atoms with van der Waals surface area (Å²) in [5.41, 5.74) is 1.52. The molecule has 33 heteroatoms. The van der Waals surface area contributed by atoms with E-state index in [1.807, 2.05) is 0 Å². The van der Waals surface area contributed by atoms with E-state index < -0.39 is 65.0 Å². The number of ether oxygens (including phenoxy) is 7. The fraction of sp³-hybridized carbons (Fsp3) is 0.831. The lowest BCUT2D eigenvalue weighted by atomic mass is 9.80. The number of Topliss-reactive ketones (excluding diaryl/α,β-unsaturated/α-hetero) is 5. The molecule has 0 unspecified atom stereocenters. The van der Waals surface area contributed by atoms with Crippen LogP contribution in [0, 0.1) is 17.3 Å². The van der Waals surface area contributed by atoms with Crippen LogP contribution in [0.3, 0.4) is 0 Å². The van der Waals surface area contributed by atoms with Crippen molar-refractivity contribution in [3.63, 3.8) is 0 Å². The molecule has 0 aromatic carbocycles. The van der Waals surface area contributed by atoms with E-state index in [1.54, 1.807) is 20.8 Å². The number of carboxylic acid groups (broad SMARTS) is 4. The highest BCUT2D eigenvalue weighted by Gasteiger charge is 2.31. The van der Waals surface area contributed by atoms with E-state index in [0.717, 1.165) is 103 Å². The smallest absolute Gasteiger partial charge is 0.326 e. The Balaban J connectivity index is -0.0000732. The van der Waals surface area contributed by atoms with Crippen LogP contribution in [0.1, 0.15) is 332 Å². The second kappa shape index (κ2) is 79.6. The monoisotopic (exact) mass is 1750 g/mol. The quantitative estimate of drug-likeness (QED) is 0.0200. The van der Waals surface area contributed by atoms with E-state index in [0.29, 0.717) is 70.9 Å². The number of amides is 6. The molecule has 0 saturated carbocycles. The molecule has 0 rings (SSSR count). The summed E-state index contributed by atoms with van der Waals surface area (Å²) in [6.45, 7) is 8.06. The van der Waals surface area contributed by atoms with Gasteiger partial charge in [-0.1, -0.05) is 181 Å². The molecule has 0 heterocycles. The Morgan fingerprint density at radius 1 is 0.295 bits per heavy atom. The van der Waals surface area contributed by atoms with Crippen LogP contribution in [0.4, 0.5) is 0 Å². The molecular formula is C89H160N6O27. The van der Waals surface area contributed by atoms with E-state index in [9.17, 15) is 82.1 Å². The van der Waals surface area contributed by atoms with Gasteiger partial charge in [0, 0.05) is 117 Å². The Kier molecular flexibility index (Phi) is 74.9. The van der Waals surface area contributed by atoms with Crippen molar-refractivity contribution in [2.24, 2.45) is 17.3 Å². The number of carbonyl (C=O) groups excluding carboxylic acids is 11. The van der Waals surface area contributed by atoms with Crippen molar-refractivity contribution >= 4 is 88.2 Å². The van der Waals surface area contributed by atoms with Gasteiger partial charge >= 0.3 is 23.9 Å². The van der Waals surface area contributed by atoms with Crippen LogP contribution in [0.5, 0.6) is 0 Å². The average Bonchev–Trinajstić information content (AvgIpc) is 0.847. The highest BCUT2D eigenvalue weighted by atomic mass is 16.7. The number of hydroxylamine groups is 1. The minimum Gasteiger partial charge on any atom is -0.481 e. The SMILES string of the molecule is CC(=O)[C@H](CCCNC(=O)COCCONC(=O)COCCOCCCC(=O)CC[C@H](NC(=O)CCCCCCCCCCCCCCCCC(=O)O)C(=O)O)CC(=O)[C@H](CCCCNC(=O)COCCOCCCC(=O)COCCOCCNC(=O)CC[C@H](NC(=O)CCCCCCCCCCCCCCCCC(=O)O)C(=O)O)CC(=O)C(C)(C)C.[HH].[HH]. The lowest BCUT2D eigenvalue weighted by Crippen LogP contribution is -2.41. The molecule has 6 amide bonds. The van der Waals surface area contributed by atoms with E-state index in [1.165, 1.54) is 71.1 Å². The van der Waals surface area contributed by atoms with Gasteiger partial charge in [-0.15, -0.1) is 0 Å². The molecule has 0 spiro atoms. The summed E-state index contributed by atoms with van der Waals surface area (Å²) in [7, 11) is 0. The lowest BCUT2D eigenvalue weighted by Gasteiger charge is -2.23. The largest absolute Gasteiger partial charge is 0.481 e. The highest BCUT2D eigenvalue weighted by Crippen LogP contribution is 2.27. The van der Waals surface area contributed by atoms with Gasteiger partial charge in [0.05, 0.1) is 59.5 Å². The van der Waals surface area contributed by atoms with Gasteiger partial charge in [0.1, 0.15) is 61.6 Å². The Morgan fingerprint density at radius 3 is 1.08 bits per heavy atom. The predicted octanol–water partition coefficient (Wildman–Crippen LogP) is 11.8. The molecule has 0 bridgehead atoms. The number of nitrogens with one attached hydrogen (secondary N) is 6. The summed E-state index contributed by atoms with van der Waals surface area (Å²) in [5.74, 6) is -8.24. The zero-order chi connectivity index (χ0) is 90.3. The number of rotatable bonds is 91. The molecule has 0 saturated heterocycles. The topological polar surface area (TPSA) is 483 Å². The first-order valence-electron chi connectivity index (χ1n) is 45.4. The van der Waals surface area contributed by atoms with Crippen LogP contribution in [0.25, 0.3) is 0 Å². The van der Waals surface area contributed by atoms with Crippen LogP contribution in [-0.2, 0) is 110 Å². The third kappa shape index (κ3) is 76.4. The summed E-state index contributed by atoms with van der Waals surface area (Å²) in [6.07, 6.45) is 33.8. The Hall–Kier alpha value is -7.27. The zero-order valence-electron chi connectivity index (χ0n) is 74.4. The van der Waals surface area contributed by atoms with Crippen LogP contribution in [-0.4, -0.2) is 239 Å². The first-order chi connectivity index (χ1) is 58.6. The summed E-state index contributed by atoms with van der Waals surface area (Å²) in [5, 5.41) is 49.9. The van der Waals surface area contributed by atoms with Crippen molar-refractivity contribution in [1.29, 1.82) is 0 Å². The highest BCUT2D eigenvalue weighted by molar-refractivity contribution is 5.93. The molecule has 0 aromatic heterocycles. The maximum atomic E-state index is 13.8. The molecule has 33 nitrogen and oxygen atoms in total. The average molecular weight is 1750 g/mol. The Morgan fingerprint density at radius 2 is 0.656 bits per heavy atom. The van der Waals surface area contributed by atoms with Crippen molar-refractivity contribution < 1.29 is 133 Å². The van der Waals surface area contributed by atoms with Gasteiger partial charge in [-0.25, -0.2) is 15.1 Å². The fourth-order valence-corrected chi connectivity index (χ4v) is 13.1. The number of carbonyl (C=O) groups is 15. The van der Waals surface area contributed by atoms with Gasteiger partial charge in [0.2, 0.25) is 29.5 Å². The van der Waals surface area contributed by atoms with Crippen molar-refractivity contribution in [2.45, 2.75) is 342 Å². The van der Waals surface area contributed by atoms with Gasteiger partial charge in [0.15, 0.2) is 5.78 Å². The summed E-state index contributed by atoms with van der Waals surface area (Å²) in [6, 6.07) is -2.32. The molecule has 0 aromatic rings. The lowest BCUT2D eigenvalue weighted by molar-refractivity contribution is -0.142. The summed E-state index contributed by atoms with van der Waals surface area (Å²) >= 11 is 0. The van der Waals surface area contributed by atoms with Crippen LogP contribution in [0.15, 0.2) is 0 Å². The minimum absolute atomic E-state index is 0. The molecular weight excluding hydrogens is 1580 g/mol. The van der Waals surface area contributed by atoms with Gasteiger partial charge < -0.3 is 80.2 Å². The van der Waals surface area contributed by atoms with Crippen molar-refractivity contribution in [3.05, 3.63) is 0 Å². The third-order valence-corrected chi connectivity index (χ3v) is 20.5. The number of aliphatic carboxylic acids is 4. The number of hydrogen-bond donors (Lipinski definition) is 10. The summed E-state index contributed by atoms with van der Waals surface area (Å²) < 4.78 is 37.9. The van der Waals surface area contributed by atoms with E-state index in [4.69, 9.17) is 48.2 Å². The van der Waals surface area contributed by atoms with Crippen molar-refractivity contribution in [1.82, 2.24) is 32.1 Å². The Bertz CT molecular complexity index is 2890. The standard InChI is InChI=1S/C89H156N6O27.2H2/c1-70(96)71(39-35-51-91-83(105)68-121-62-63-122-95-84(106)69-120-61-57-115-53-36-40-73(97)46-47-75(87(111)112)93-80(102)42-29-25-21-17-13-9-5-7-11-15-19-23-27-31-44-85(107)108)64-77(99)72(65-78(100)89(2,3)4)38-33-34-50-90-82(104)67-119-60-56-116-54-37-41-74(98)66-118-59-58-117-55-52-92-79(101)49-48-76(88(113)114)94-81(103)43-30-26-22-18-14-10-6-8-12-16-20-24-28-32-45-86(109)110;;/h71-72,75-76H,5-69H2,1-4H3,(H,90,104)(H,91,105)(H,92,101)(H,93,102)(H,94,103)(H,95,106)(H,107,108)(H,109,110)(H,111,112)(H,113,114);2*1H/t71-,72-,75+,76+;;/m1../s1. The van der Waals surface area contributed by atoms with Gasteiger partial charge in [-0.3, -0.25) is 67.2 Å². The molecule has 4 atom stereocenters. The maximum absolute atomic E-state index is 13.8. The normalized spacial score (nSPS) is 12.4. The first kappa shape index (κ1) is 115. The zero-order valence-corrected chi connectivity index (χ0v) is 74.4. The van der Waals surface area contributed by atoms with Crippen molar-refractivity contribution in [2.75, 3.05) is 119 Å². The van der Waals surface area contributed by atoms with Gasteiger partial charge in [0.25, 0.3) is 5.91 Å². The van der Waals surface area contributed by atoms with Crippen molar-refractivity contribution in [3.8, 4) is 0 Å². The van der Waals surface area contributed by atoms with E-state index >= 15 is 0 Å². The van der Waals surface area contributed by atoms with Crippen LogP contribution < -0.4 is 32.1 Å². The molecule has 10 N–H and O–H groups in total. The number of unbranched alkanes of at least 4 members (excludes halogenated alkanes) is 27. The third-order valence-electron chi connectivity index (χ3n) is 20.5. The van der Waals surface area contributed by atoms with Crippen LogP contribution in [0.2, 0.25) is 0 Å². The second-order valence-electron chi connectivity index (χ2n) is 32.6. The molecule has 122 heavy (non-hydrogen) atoms. The Labute approximate surface area is 728 Å². The second-order valence-corrected chi connectivity index (χ2v) is 32.6. The number of carboxylic acids is 4. The van der Waals surface area contributed by atoms with Crippen LogP contribution >= 0.6 is 0 Å². The summed E-state index contributed by atoms with van der Waals surface area (Å²) in [4.78, 5) is 188. The first-order valence-corrected chi connectivity index (χ1v) is 45.4. The molecule has 0 aliphatic carbocycles. The molecule has 708 valence electrons. The molecule has 0 aliphatic heterocycles. The number of hydrogen-bond acceptors (Lipinski definition) is 23. The molecule has 0 aliphatic rings. The predicted molar refractivity (Wildman–Crippen MR) is 462 cm³/mol.